The number of methoxy groups -OCH3 is 1. The lowest BCUT2D eigenvalue weighted by molar-refractivity contribution is 0.0939. The summed E-state index contributed by atoms with van der Waals surface area (Å²) in [7, 11) is 1.63. The van der Waals surface area contributed by atoms with Gasteiger partial charge in [-0.2, -0.15) is 5.10 Å². The maximum Gasteiger partial charge on any atom is 0.270 e. The van der Waals surface area contributed by atoms with Crippen molar-refractivity contribution in [2.24, 2.45) is 0 Å². The number of nitrogens with one attached hydrogen (secondary N) is 1. The monoisotopic (exact) mass is 337 g/mol. The third-order valence-electron chi connectivity index (χ3n) is 2.92. The van der Waals surface area contributed by atoms with Crippen LogP contribution >= 0.6 is 15.9 Å². The number of nitrogens with zero attached hydrogens (tertiary/aromatic N) is 2. The number of ether oxygens (including phenoxy) is 1. The van der Waals surface area contributed by atoms with E-state index in [0.717, 1.165) is 11.3 Å². The van der Waals surface area contributed by atoms with Crippen LogP contribution in [0.5, 0.6) is 5.75 Å². The molecule has 0 fully saturated rings. The molecule has 0 aliphatic carbocycles. The molecule has 1 heterocycles. The molecule has 0 aliphatic heterocycles. The Bertz CT molecular complexity index is 593. The standard InChI is InChI=1S/C14H16BrN3O2/c1-3-18-13(12(15)9-17-18)14(19)16-8-10-4-6-11(20-2)7-5-10/h4-7,9H,3,8H2,1-2H3,(H,16,19). The smallest absolute Gasteiger partial charge is 0.270 e. The van der Waals surface area contributed by atoms with Crippen molar-refractivity contribution >= 4 is 21.8 Å². The molecular formula is C14H16BrN3O2. The quantitative estimate of drug-likeness (QED) is 0.912. The molecule has 0 saturated carbocycles. The van der Waals surface area contributed by atoms with E-state index in [4.69, 9.17) is 4.74 Å². The van der Waals surface area contributed by atoms with E-state index in [1.165, 1.54) is 0 Å². The minimum absolute atomic E-state index is 0.146. The van der Waals surface area contributed by atoms with Crippen LogP contribution in [0.4, 0.5) is 0 Å². The highest BCUT2D eigenvalue weighted by Crippen LogP contribution is 2.16. The number of aryl methyl sites for hydroxylation is 1. The predicted octanol–water partition coefficient (Wildman–Crippen LogP) is 2.60. The van der Waals surface area contributed by atoms with Gasteiger partial charge in [-0.25, -0.2) is 0 Å². The van der Waals surface area contributed by atoms with Gasteiger partial charge in [0.1, 0.15) is 11.4 Å². The van der Waals surface area contributed by atoms with Gasteiger partial charge in [-0.05, 0) is 40.5 Å². The number of carbonyl (C=O) groups excluding carboxylic acids is 1. The van der Waals surface area contributed by atoms with E-state index in [0.29, 0.717) is 23.3 Å². The summed E-state index contributed by atoms with van der Waals surface area (Å²) in [6.07, 6.45) is 1.63. The molecule has 1 aromatic heterocycles. The van der Waals surface area contributed by atoms with Crippen molar-refractivity contribution in [3.8, 4) is 5.75 Å². The first-order chi connectivity index (χ1) is 9.65. The van der Waals surface area contributed by atoms with Gasteiger partial charge in [0.25, 0.3) is 5.91 Å². The first kappa shape index (κ1) is 14.6. The summed E-state index contributed by atoms with van der Waals surface area (Å²) in [6, 6.07) is 7.58. The molecule has 20 heavy (non-hydrogen) atoms. The second kappa shape index (κ2) is 6.56. The van der Waals surface area contributed by atoms with Crippen LogP contribution in [0, 0.1) is 0 Å². The van der Waals surface area contributed by atoms with E-state index in [2.05, 4.69) is 26.3 Å². The maximum absolute atomic E-state index is 12.2. The third-order valence-corrected chi connectivity index (χ3v) is 3.50. The van der Waals surface area contributed by atoms with Crippen molar-refractivity contribution in [1.29, 1.82) is 0 Å². The SMILES string of the molecule is CCn1ncc(Br)c1C(=O)NCc1ccc(OC)cc1. The van der Waals surface area contributed by atoms with Gasteiger partial charge in [0.05, 0.1) is 17.8 Å². The van der Waals surface area contributed by atoms with Crippen LogP contribution in [-0.2, 0) is 13.1 Å². The normalized spacial score (nSPS) is 10.3. The van der Waals surface area contributed by atoms with Crippen molar-refractivity contribution < 1.29 is 9.53 Å². The highest BCUT2D eigenvalue weighted by atomic mass is 79.9. The Labute approximate surface area is 126 Å². The van der Waals surface area contributed by atoms with Crippen LogP contribution in [0.3, 0.4) is 0 Å². The van der Waals surface area contributed by atoms with E-state index in [9.17, 15) is 4.79 Å². The molecular weight excluding hydrogens is 322 g/mol. The largest absolute Gasteiger partial charge is 0.497 e. The predicted molar refractivity (Wildman–Crippen MR) is 79.8 cm³/mol. The highest BCUT2D eigenvalue weighted by Gasteiger charge is 2.15. The van der Waals surface area contributed by atoms with E-state index >= 15 is 0 Å². The minimum Gasteiger partial charge on any atom is -0.497 e. The second-order valence-corrected chi connectivity index (χ2v) is 5.04. The van der Waals surface area contributed by atoms with E-state index < -0.39 is 0 Å². The van der Waals surface area contributed by atoms with Crippen molar-refractivity contribution in [1.82, 2.24) is 15.1 Å². The van der Waals surface area contributed by atoms with Crippen LogP contribution < -0.4 is 10.1 Å². The summed E-state index contributed by atoms with van der Waals surface area (Å²) in [4.78, 5) is 12.2. The van der Waals surface area contributed by atoms with Gasteiger partial charge in [-0.3, -0.25) is 9.48 Å². The Balaban J connectivity index is 2.02. The fourth-order valence-corrected chi connectivity index (χ4v) is 2.31. The van der Waals surface area contributed by atoms with Gasteiger partial charge >= 0.3 is 0 Å². The lowest BCUT2D eigenvalue weighted by atomic mass is 10.2. The molecule has 5 nitrogen and oxygen atoms in total. The van der Waals surface area contributed by atoms with E-state index in [-0.39, 0.29) is 5.91 Å². The number of carbonyl (C=O) groups is 1. The zero-order chi connectivity index (χ0) is 14.5. The van der Waals surface area contributed by atoms with Crippen molar-refractivity contribution in [3.63, 3.8) is 0 Å². The van der Waals surface area contributed by atoms with Gasteiger partial charge in [-0.1, -0.05) is 12.1 Å². The Kier molecular flexibility index (Phi) is 4.79. The second-order valence-electron chi connectivity index (χ2n) is 4.19. The molecule has 0 saturated heterocycles. The van der Waals surface area contributed by atoms with Crippen molar-refractivity contribution in [3.05, 3.63) is 46.2 Å². The number of aromatic nitrogens is 2. The molecule has 0 radical (unpaired) electrons. The molecule has 2 aromatic rings. The summed E-state index contributed by atoms with van der Waals surface area (Å²) in [6.45, 7) is 3.06. The zero-order valence-electron chi connectivity index (χ0n) is 11.4. The van der Waals surface area contributed by atoms with Gasteiger partial charge in [0.15, 0.2) is 0 Å². The maximum atomic E-state index is 12.2. The Morgan fingerprint density at radius 1 is 1.40 bits per heavy atom. The summed E-state index contributed by atoms with van der Waals surface area (Å²) >= 11 is 3.34. The van der Waals surface area contributed by atoms with Crippen LogP contribution in [0.15, 0.2) is 34.9 Å². The number of hydrogen-bond acceptors (Lipinski definition) is 3. The highest BCUT2D eigenvalue weighted by molar-refractivity contribution is 9.10. The Morgan fingerprint density at radius 3 is 2.70 bits per heavy atom. The molecule has 106 valence electrons. The third kappa shape index (κ3) is 3.19. The Hall–Kier alpha value is -1.82. The fraction of sp³-hybridized carbons (Fsp3) is 0.286. The van der Waals surface area contributed by atoms with Gasteiger partial charge in [0.2, 0.25) is 0 Å². The molecule has 0 unspecified atom stereocenters. The van der Waals surface area contributed by atoms with Gasteiger partial charge in [-0.15, -0.1) is 0 Å². The summed E-state index contributed by atoms with van der Waals surface area (Å²) < 4.78 is 7.46. The first-order valence-electron chi connectivity index (χ1n) is 6.28. The molecule has 2 rings (SSSR count). The lowest BCUT2D eigenvalue weighted by Crippen LogP contribution is -2.26. The average Bonchev–Trinajstić information content (AvgIpc) is 2.86. The summed E-state index contributed by atoms with van der Waals surface area (Å²) in [5.74, 6) is 0.652. The molecule has 0 spiro atoms. The van der Waals surface area contributed by atoms with Crippen molar-refractivity contribution in [2.75, 3.05) is 7.11 Å². The Morgan fingerprint density at radius 2 is 2.10 bits per heavy atom. The minimum atomic E-state index is -0.146. The van der Waals surface area contributed by atoms with Crippen LogP contribution in [0.1, 0.15) is 23.0 Å². The molecule has 0 atom stereocenters. The van der Waals surface area contributed by atoms with E-state index in [1.54, 1.807) is 18.0 Å². The average molecular weight is 338 g/mol. The molecule has 6 heteroatoms. The number of rotatable bonds is 5. The number of hydrogen-bond donors (Lipinski definition) is 1. The molecule has 1 aromatic carbocycles. The summed E-state index contributed by atoms with van der Waals surface area (Å²) in [5.41, 5.74) is 1.55. The molecule has 1 amide bonds. The summed E-state index contributed by atoms with van der Waals surface area (Å²) in [5, 5.41) is 7.01. The number of benzene rings is 1. The number of halogens is 1. The first-order valence-corrected chi connectivity index (χ1v) is 7.07. The molecule has 0 aliphatic rings. The molecule has 1 N–H and O–H groups in total. The number of amides is 1. The topological polar surface area (TPSA) is 56.2 Å². The van der Waals surface area contributed by atoms with Gasteiger partial charge in [0, 0.05) is 13.1 Å². The van der Waals surface area contributed by atoms with Crippen LogP contribution in [0.2, 0.25) is 0 Å². The lowest BCUT2D eigenvalue weighted by Gasteiger charge is -2.08. The van der Waals surface area contributed by atoms with E-state index in [1.807, 2.05) is 31.2 Å². The van der Waals surface area contributed by atoms with Gasteiger partial charge < -0.3 is 10.1 Å². The van der Waals surface area contributed by atoms with Crippen LogP contribution in [0.25, 0.3) is 0 Å². The van der Waals surface area contributed by atoms with Crippen LogP contribution in [-0.4, -0.2) is 22.8 Å². The van der Waals surface area contributed by atoms with Crippen molar-refractivity contribution in [2.45, 2.75) is 20.0 Å². The zero-order valence-corrected chi connectivity index (χ0v) is 13.0. The molecule has 0 bridgehead atoms. The fourth-order valence-electron chi connectivity index (χ4n) is 1.84.